The van der Waals surface area contributed by atoms with E-state index in [1.807, 2.05) is 19.1 Å². The van der Waals surface area contributed by atoms with Gasteiger partial charge in [0.25, 0.3) is 0 Å². The Hall–Kier alpha value is -0.870. The Balaban J connectivity index is 2.48. The van der Waals surface area contributed by atoms with Gasteiger partial charge in [-0.05, 0) is 37.9 Å². The van der Waals surface area contributed by atoms with Crippen LogP contribution in [-0.4, -0.2) is 20.2 Å². The van der Waals surface area contributed by atoms with Gasteiger partial charge in [-0.1, -0.05) is 17.7 Å². The third-order valence-corrected chi connectivity index (χ3v) is 5.19. The van der Waals surface area contributed by atoms with E-state index in [0.717, 1.165) is 11.1 Å². The summed E-state index contributed by atoms with van der Waals surface area (Å²) in [4.78, 5) is 0.506. The van der Waals surface area contributed by atoms with Gasteiger partial charge in [-0.25, -0.2) is 8.42 Å². The molecule has 0 radical (unpaired) electrons. The molecule has 1 aromatic carbocycles. The van der Waals surface area contributed by atoms with Crippen LogP contribution in [0.5, 0.6) is 0 Å². The average Bonchev–Trinajstić information content (AvgIpc) is 2.39. The maximum atomic E-state index is 12.0. The van der Waals surface area contributed by atoms with E-state index in [2.05, 4.69) is 0 Å². The first-order valence-corrected chi connectivity index (χ1v) is 6.64. The standard InChI is InChI=1S/C11H15NO2S/c1-8-2-3-11-9(6-8)7-10(4-5-12)15(11,13)14/h2-3,6,10H,4-5,7,12H2,1H3. The third kappa shape index (κ3) is 1.68. The number of hydrogen-bond acceptors (Lipinski definition) is 3. The van der Waals surface area contributed by atoms with Crippen LogP contribution in [-0.2, 0) is 16.3 Å². The summed E-state index contributed by atoms with van der Waals surface area (Å²) >= 11 is 0. The molecule has 0 spiro atoms. The van der Waals surface area contributed by atoms with E-state index in [4.69, 9.17) is 5.73 Å². The molecule has 0 amide bonds. The lowest BCUT2D eigenvalue weighted by Gasteiger charge is -2.06. The molecule has 0 saturated carbocycles. The van der Waals surface area contributed by atoms with Gasteiger partial charge in [-0.15, -0.1) is 0 Å². The van der Waals surface area contributed by atoms with E-state index in [9.17, 15) is 8.42 Å². The zero-order valence-corrected chi connectivity index (χ0v) is 9.55. The molecule has 0 aliphatic carbocycles. The molecular formula is C11H15NO2S. The lowest BCUT2D eigenvalue weighted by molar-refractivity contribution is 0.580. The Kier molecular flexibility index (Phi) is 2.56. The smallest absolute Gasteiger partial charge is 0.181 e. The fourth-order valence-corrected chi connectivity index (χ4v) is 4.09. The van der Waals surface area contributed by atoms with Crippen LogP contribution in [0.15, 0.2) is 23.1 Å². The van der Waals surface area contributed by atoms with Crippen LogP contribution in [0.4, 0.5) is 0 Å². The molecule has 0 fully saturated rings. The molecule has 1 aliphatic heterocycles. The van der Waals surface area contributed by atoms with Gasteiger partial charge in [0.05, 0.1) is 10.1 Å². The number of aryl methyl sites for hydroxylation is 1. The second-order valence-electron chi connectivity index (χ2n) is 4.06. The van der Waals surface area contributed by atoms with E-state index < -0.39 is 9.84 Å². The van der Waals surface area contributed by atoms with Gasteiger partial charge < -0.3 is 5.73 Å². The number of sulfone groups is 1. The molecule has 1 atom stereocenters. The predicted molar refractivity (Wildman–Crippen MR) is 59.5 cm³/mol. The fourth-order valence-electron chi connectivity index (χ4n) is 2.12. The molecular weight excluding hydrogens is 210 g/mol. The molecule has 2 N–H and O–H groups in total. The van der Waals surface area contributed by atoms with Gasteiger partial charge in [0.2, 0.25) is 0 Å². The highest BCUT2D eigenvalue weighted by Gasteiger charge is 2.35. The van der Waals surface area contributed by atoms with Crippen molar-refractivity contribution in [2.75, 3.05) is 6.54 Å². The summed E-state index contributed by atoms with van der Waals surface area (Å²) in [5.41, 5.74) is 7.49. The quantitative estimate of drug-likeness (QED) is 0.818. The third-order valence-electron chi connectivity index (χ3n) is 2.90. The Morgan fingerprint density at radius 3 is 2.87 bits per heavy atom. The van der Waals surface area contributed by atoms with E-state index in [1.165, 1.54) is 0 Å². The second-order valence-corrected chi connectivity index (χ2v) is 6.26. The highest BCUT2D eigenvalue weighted by molar-refractivity contribution is 7.92. The van der Waals surface area contributed by atoms with Gasteiger partial charge in [-0.2, -0.15) is 0 Å². The van der Waals surface area contributed by atoms with Crippen LogP contribution >= 0.6 is 0 Å². The fraction of sp³-hybridized carbons (Fsp3) is 0.455. The molecule has 4 heteroatoms. The minimum Gasteiger partial charge on any atom is -0.330 e. The number of rotatable bonds is 2. The van der Waals surface area contributed by atoms with Crippen LogP contribution in [0.1, 0.15) is 17.5 Å². The summed E-state index contributed by atoms with van der Waals surface area (Å²) < 4.78 is 24.1. The molecule has 1 aliphatic rings. The Labute approximate surface area is 90.2 Å². The maximum Gasteiger partial charge on any atom is 0.181 e. The van der Waals surface area contributed by atoms with Crippen molar-refractivity contribution in [2.45, 2.75) is 29.9 Å². The number of benzene rings is 1. The first kappa shape index (κ1) is 10.6. The SMILES string of the molecule is Cc1ccc2c(c1)CC(CCN)S2(=O)=O. The highest BCUT2D eigenvalue weighted by Crippen LogP contribution is 2.32. The maximum absolute atomic E-state index is 12.0. The van der Waals surface area contributed by atoms with Gasteiger partial charge in [0.15, 0.2) is 9.84 Å². The van der Waals surface area contributed by atoms with Crippen LogP contribution in [0.25, 0.3) is 0 Å². The van der Waals surface area contributed by atoms with Gasteiger partial charge in [0, 0.05) is 0 Å². The molecule has 2 rings (SSSR count). The lowest BCUT2D eigenvalue weighted by atomic mass is 10.1. The van der Waals surface area contributed by atoms with E-state index in [-0.39, 0.29) is 5.25 Å². The molecule has 0 saturated heterocycles. The second kappa shape index (κ2) is 3.61. The first-order chi connectivity index (χ1) is 7.05. The molecule has 1 heterocycles. The summed E-state index contributed by atoms with van der Waals surface area (Å²) in [5.74, 6) is 0. The van der Waals surface area contributed by atoms with Crippen molar-refractivity contribution < 1.29 is 8.42 Å². The van der Waals surface area contributed by atoms with Gasteiger partial charge >= 0.3 is 0 Å². The molecule has 3 nitrogen and oxygen atoms in total. The van der Waals surface area contributed by atoms with Crippen LogP contribution in [0, 0.1) is 6.92 Å². The van der Waals surface area contributed by atoms with Crippen molar-refractivity contribution in [3.63, 3.8) is 0 Å². The number of hydrogen-bond donors (Lipinski definition) is 1. The van der Waals surface area contributed by atoms with Crippen molar-refractivity contribution in [3.05, 3.63) is 29.3 Å². The zero-order valence-electron chi connectivity index (χ0n) is 8.73. The minimum absolute atomic E-state index is 0.306. The van der Waals surface area contributed by atoms with E-state index in [1.54, 1.807) is 6.07 Å². The first-order valence-electron chi connectivity index (χ1n) is 5.09. The summed E-state index contributed by atoms with van der Waals surface area (Å²) in [5, 5.41) is -0.306. The zero-order chi connectivity index (χ0) is 11.1. The largest absolute Gasteiger partial charge is 0.330 e. The van der Waals surface area contributed by atoms with Crippen LogP contribution in [0.2, 0.25) is 0 Å². The summed E-state index contributed by atoms with van der Waals surface area (Å²) in [6.07, 6.45) is 1.17. The monoisotopic (exact) mass is 225 g/mol. The highest BCUT2D eigenvalue weighted by atomic mass is 32.2. The molecule has 0 aromatic heterocycles. The van der Waals surface area contributed by atoms with Crippen molar-refractivity contribution >= 4 is 9.84 Å². The van der Waals surface area contributed by atoms with Crippen LogP contribution in [0.3, 0.4) is 0 Å². The summed E-state index contributed by atoms with van der Waals surface area (Å²) in [6, 6.07) is 5.53. The molecule has 0 bridgehead atoms. The van der Waals surface area contributed by atoms with Crippen molar-refractivity contribution in [2.24, 2.45) is 5.73 Å². The Morgan fingerprint density at radius 1 is 1.47 bits per heavy atom. The number of nitrogens with two attached hydrogens (primary N) is 1. The normalized spacial score (nSPS) is 22.7. The van der Waals surface area contributed by atoms with Gasteiger partial charge in [-0.3, -0.25) is 0 Å². The molecule has 15 heavy (non-hydrogen) atoms. The molecule has 82 valence electrons. The minimum atomic E-state index is -3.11. The van der Waals surface area contributed by atoms with E-state index >= 15 is 0 Å². The Bertz CT molecular complexity index is 479. The lowest BCUT2D eigenvalue weighted by Crippen LogP contribution is -2.20. The van der Waals surface area contributed by atoms with Crippen molar-refractivity contribution in [3.8, 4) is 0 Å². The van der Waals surface area contributed by atoms with Crippen molar-refractivity contribution in [1.29, 1.82) is 0 Å². The molecule has 1 unspecified atom stereocenters. The Morgan fingerprint density at radius 2 is 2.20 bits per heavy atom. The summed E-state index contributed by atoms with van der Waals surface area (Å²) in [7, 11) is -3.11. The predicted octanol–water partition coefficient (Wildman–Crippen LogP) is 1.04. The number of fused-ring (bicyclic) bond motifs is 1. The topological polar surface area (TPSA) is 60.2 Å². The summed E-state index contributed by atoms with van der Waals surface area (Å²) in [6.45, 7) is 2.40. The molecule has 1 aromatic rings. The van der Waals surface area contributed by atoms with Crippen LogP contribution < -0.4 is 5.73 Å². The van der Waals surface area contributed by atoms with Crippen molar-refractivity contribution in [1.82, 2.24) is 0 Å². The van der Waals surface area contributed by atoms with E-state index in [0.29, 0.717) is 24.3 Å². The average molecular weight is 225 g/mol. The van der Waals surface area contributed by atoms with Gasteiger partial charge in [0.1, 0.15) is 0 Å².